The highest BCUT2D eigenvalue weighted by Gasteiger charge is 2.25. The highest BCUT2D eigenvalue weighted by atomic mass is 32.2. The Balaban J connectivity index is 6.83. The van der Waals surface area contributed by atoms with Crippen molar-refractivity contribution < 1.29 is 164 Å². The van der Waals surface area contributed by atoms with Crippen LogP contribution in [-0.2, 0) is 135 Å². The van der Waals surface area contributed by atoms with Crippen LogP contribution >= 0.6 is 58.8 Å². The summed E-state index contributed by atoms with van der Waals surface area (Å²) >= 11 is 7.82. The number of hydrogen-bond acceptors (Lipinski definition) is 37. The lowest BCUT2D eigenvalue weighted by molar-refractivity contribution is -0.151. The molecule has 117 heavy (non-hydrogen) atoms. The minimum Gasteiger partial charge on any atom is -0.394 e. The van der Waals surface area contributed by atoms with Crippen LogP contribution in [0.15, 0.2) is 0 Å². The second kappa shape index (κ2) is 82.1. The lowest BCUT2D eigenvalue weighted by atomic mass is 10.3. The highest BCUT2D eigenvalue weighted by Crippen LogP contribution is 2.14. The first-order valence-corrected chi connectivity index (χ1v) is 51.4. The van der Waals surface area contributed by atoms with E-state index >= 15 is 0 Å². The molecule has 704 valence electrons. The van der Waals surface area contributed by atoms with E-state index in [9.17, 15) is 45.7 Å². The Hall–Kier alpha value is 0.440. The molecule has 13 unspecified atom stereocenters. The molecule has 0 rings (SSSR count). The SMILES string of the molecule is CCOCC(COCC(O)COCC(O)COC(CO)COCC(COC(C)COCC(COCC)OCCCSCC)OCC(COCC(COCC(O)COCC(COCC)OCCCSCCS(=O)(=O)O)OCC(COCCCSCCS(=O)(=O)O)OCC)OCC(COCCCSCCS(=O)(=O)O)OCC)OCCCSCC. The average Bonchev–Trinajstić information content (AvgIpc) is 0.927. The van der Waals surface area contributed by atoms with Gasteiger partial charge in [-0.3, -0.25) is 13.7 Å². The number of hydrogen-bond donors (Lipinski definition) is 7. The van der Waals surface area contributed by atoms with Gasteiger partial charge in [-0.05, 0) is 114 Å². The van der Waals surface area contributed by atoms with E-state index in [1.54, 1.807) is 0 Å². The Morgan fingerprint density at radius 1 is 0.248 bits per heavy atom. The number of aliphatic hydroxyl groups is 4. The predicted octanol–water partition coefficient (Wildman–Crippen LogP) is 4.55. The maximum Gasteiger partial charge on any atom is 0.265 e. The molecule has 0 bridgehead atoms. The second-order valence-corrected chi connectivity index (χ2v) is 37.7. The second-order valence-electron chi connectivity index (χ2n) is 26.5. The first kappa shape index (κ1) is 117. The Morgan fingerprint density at radius 2 is 0.496 bits per heavy atom. The van der Waals surface area contributed by atoms with Crippen LogP contribution in [0.1, 0.15) is 87.5 Å². The first-order chi connectivity index (χ1) is 56.3. The van der Waals surface area contributed by atoms with Gasteiger partial charge >= 0.3 is 0 Å². The average molecular weight is 1860 g/mol. The van der Waals surface area contributed by atoms with E-state index in [1.807, 2.05) is 65.1 Å². The topological polar surface area (TPSA) is 447 Å². The van der Waals surface area contributed by atoms with Crippen LogP contribution in [0, 0.1) is 0 Å². The van der Waals surface area contributed by atoms with Crippen LogP contribution in [0.4, 0.5) is 0 Å². The molecule has 0 saturated carbocycles. The first-order valence-electron chi connectivity index (χ1n) is 40.8. The third kappa shape index (κ3) is 81.9. The summed E-state index contributed by atoms with van der Waals surface area (Å²) < 4.78 is 227. The van der Waals surface area contributed by atoms with Crippen LogP contribution < -0.4 is 0 Å². The molecule has 0 aromatic heterocycles. The van der Waals surface area contributed by atoms with Gasteiger partial charge < -0.3 is 125 Å². The summed E-state index contributed by atoms with van der Waals surface area (Å²) in [4.78, 5) is 0. The van der Waals surface area contributed by atoms with Gasteiger partial charge in [0.25, 0.3) is 30.4 Å². The Labute approximate surface area is 721 Å². The van der Waals surface area contributed by atoms with Crippen LogP contribution in [-0.4, -0.2) is 445 Å². The summed E-state index contributed by atoms with van der Waals surface area (Å²) in [5.74, 6) is 5.51. The molecule has 13 atom stereocenters. The van der Waals surface area contributed by atoms with Gasteiger partial charge in [-0.15, -0.1) is 0 Å². The maximum atomic E-state index is 11.2. The minimum absolute atomic E-state index is 0.00905. The largest absolute Gasteiger partial charge is 0.394 e. The van der Waals surface area contributed by atoms with Gasteiger partial charge in [0.05, 0.1) is 189 Å². The fourth-order valence-corrected chi connectivity index (χ4v) is 16.4. The smallest absolute Gasteiger partial charge is 0.265 e. The fraction of sp³-hybridized carbons (Fsp3) is 1.00. The molecule has 0 radical (unpaired) electrons. The van der Waals surface area contributed by atoms with Crippen molar-refractivity contribution in [2.45, 2.75) is 167 Å². The van der Waals surface area contributed by atoms with Crippen molar-refractivity contribution in [1.82, 2.24) is 0 Å². The molecule has 0 saturated heterocycles. The van der Waals surface area contributed by atoms with Gasteiger partial charge in [0.15, 0.2) is 0 Å². The zero-order valence-corrected chi connectivity index (χ0v) is 77.3. The molecule has 0 spiro atoms. The number of ether oxygens (including phenoxy) is 22. The minimum atomic E-state index is -4.08. The summed E-state index contributed by atoms with van der Waals surface area (Å²) in [6, 6.07) is 0. The Morgan fingerprint density at radius 3 is 0.821 bits per heavy atom. The number of thioether (sulfide) groups is 5. The molecule has 7 N–H and O–H groups in total. The Bertz CT molecular complexity index is 2480. The summed E-state index contributed by atoms with van der Waals surface area (Å²) in [5.41, 5.74) is 0. The van der Waals surface area contributed by atoms with Crippen LogP contribution in [0.5, 0.6) is 0 Å². The predicted molar refractivity (Wildman–Crippen MR) is 457 cm³/mol. The maximum absolute atomic E-state index is 11.2. The lowest BCUT2D eigenvalue weighted by Crippen LogP contribution is -2.38. The van der Waals surface area contributed by atoms with Crippen molar-refractivity contribution >= 4 is 89.2 Å². The summed E-state index contributed by atoms with van der Waals surface area (Å²) in [6.07, 6.45) is -5.46. The van der Waals surface area contributed by atoms with Crippen molar-refractivity contribution in [3.63, 3.8) is 0 Å². The van der Waals surface area contributed by atoms with Crippen LogP contribution in [0.3, 0.4) is 0 Å². The molecular weight excluding hydrogens is 1710 g/mol. The molecule has 0 amide bonds. The highest BCUT2D eigenvalue weighted by molar-refractivity contribution is 8.01. The van der Waals surface area contributed by atoms with Gasteiger partial charge in [-0.1, -0.05) is 13.8 Å². The van der Waals surface area contributed by atoms with Crippen molar-refractivity contribution in [3.8, 4) is 0 Å². The van der Waals surface area contributed by atoms with Gasteiger partial charge in [0.1, 0.15) is 73.2 Å². The standard InChI is InChI=1S/C74H150O35S8/c1-9-88-46-67(102-23-18-26-110-14-6)51-93-38-62(8)105-58-73(56-98-45-66(37-75)106-44-65(78)43-94-39-63(76)40-95-52-68(47-89-10-2)103-24-19-27-111-15-7)109-61-74(108-60-72(101-13-5)50-92-22-17-29-113-32-35-116(82,83)84)57-99-55-70(107-59-71(100-12-4)49-91-21-16-28-112-31-34-115(79,80)81)54-97-42-64(77)41-96-53-69(48-90-11-3)104-25-20-30-114-33-36-117(85,86)87/h62-78H,9-61H2,1-8H3,(H,79,80,81)(H,82,83,84)(H,85,86,87). The lowest BCUT2D eigenvalue weighted by Gasteiger charge is -2.27. The van der Waals surface area contributed by atoms with Crippen LogP contribution in [0.25, 0.3) is 0 Å². The molecule has 0 aliphatic rings. The van der Waals surface area contributed by atoms with Crippen molar-refractivity contribution in [3.05, 3.63) is 0 Å². The molecule has 35 nitrogen and oxygen atoms in total. The van der Waals surface area contributed by atoms with E-state index in [4.69, 9.17) is 118 Å². The molecule has 0 aliphatic carbocycles. The van der Waals surface area contributed by atoms with Crippen molar-refractivity contribution in [2.75, 3.05) is 306 Å². The molecule has 0 aromatic carbocycles. The quantitative estimate of drug-likeness (QED) is 0.0324. The molecule has 0 aromatic rings. The monoisotopic (exact) mass is 1850 g/mol. The van der Waals surface area contributed by atoms with E-state index in [-0.39, 0.29) is 192 Å². The fourth-order valence-electron chi connectivity index (χ4n) is 9.62. The number of rotatable bonds is 95. The normalized spacial score (nSPS) is 15.9. The summed E-state index contributed by atoms with van der Waals surface area (Å²) in [6.45, 7) is 19.9. The van der Waals surface area contributed by atoms with Gasteiger partial charge in [0.2, 0.25) is 0 Å². The molecule has 0 aliphatic heterocycles. The van der Waals surface area contributed by atoms with E-state index in [1.165, 1.54) is 35.3 Å². The van der Waals surface area contributed by atoms with Gasteiger partial charge in [0, 0.05) is 83.3 Å². The van der Waals surface area contributed by atoms with Gasteiger partial charge in [-0.25, -0.2) is 0 Å². The van der Waals surface area contributed by atoms with E-state index in [0.29, 0.717) is 116 Å². The summed E-state index contributed by atoms with van der Waals surface area (Å²) in [7, 11) is -12.2. The molecular formula is C74H150O35S8. The molecule has 43 heteroatoms. The molecule has 0 fully saturated rings. The zero-order valence-electron chi connectivity index (χ0n) is 70.8. The third-order valence-corrected chi connectivity index (χ3v) is 23.6. The zero-order chi connectivity index (χ0) is 86.6. The Kier molecular flexibility index (Phi) is 82.5. The summed E-state index contributed by atoms with van der Waals surface area (Å²) in [5, 5.41) is 43.0. The van der Waals surface area contributed by atoms with E-state index in [2.05, 4.69) is 13.8 Å². The van der Waals surface area contributed by atoms with Gasteiger partial charge in [-0.2, -0.15) is 84.1 Å². The van der Waals surface area contributed by atoms with E-state index < -0.39 is 104 Å². The van der Waals surface area contributed by atoms with E-state index in [0.717, 1.165) is 35.9 Å². The third-order valence-electron chi connectivity index (χ3n) is 15.5. The number of aliphatic hydroxyl groups excluding tert-OH is 4. The van der Waals surface area contributed by atoms with Crippen molar-refractivity contribution in [1.29, 1.82) is 0 Å². The van der Waals surface area contributed by atoms with Crippen LogP contribution in [0.2, 0.25) is 0 Å². The molecule has 0 heterocycles. The van der Waals surface area contributed by atoms with Crippen molar-refractivity contribution in [2.24, 2.45) is 0 Å².